The fourth-order valence-corrected chi connectivity index (χ4v) is 3.75. The van der Waals surface area contributed by atoms with Gasteiger partial charge in [-0.25, -0.2) is 9.36 Å². The molecule has 0 saturated carbocycles. The van der Waals surface area contributed by atoms with Crippen LogP contribution in [0.15, 0.2) is 39.9 Å². The summed E-state index contributed by atoms with van der Waals surface area (Å²) in [7, 11) is 0. The molecule has 0 radical (unpaired) electrons. The van der Waals surface area contributed by atoms with E-state index in [0.717, 1.165) is 14.0 Å². The second-order valence-electron chi connectivity index (χ2n) is 5.15. The number of carboxylic acids is 1. The molecule has 2 aromatic heterocycles. The van der Waals surface area contributed by atoms with E-state index in [1.807, 2.05) is 6.92 Å². The van der Waals surface area contributed by atoms with Crippen LogP contribution in [0.1, 0.15) is 11.8 Å². The number of carbonyl (C=O) groups excluding carboxylic acids is 1. The van der Waals surface area contributed by atoms with E-state index in [2.05, 4.69) is 0 Å². The van der Waals surface area contributed by atoms with Crippen LogP contribution in [-0.4, -0.2) is 15.1 Å². The van der Waals surface area contributed by atoms with E-state index in [0.29, 0.717) is 21.7 Å². The fourth-order valence-electron chi connectivity index (χ4n) is 2.49. The van der Waals surface area contributed by atoms with E-state index in [1.54, 1.807) is 24.3 Å². The molecule has 0 aliphatic rings. The maximum Gasteiger partial charge on any atom is 0.337 e. The minimum Gasteiger partial charge on any atom is -0.548 e. The van der Waals surface area contributed by atoms with Gasteiger partial charge in [-0.15, -0.1) is 11.3 Å². The average Bonchev–Trinajstić information content (AvgIpc) is 2.96. The van der Waals surface area contributed by atoms with Gasteiger partial charge in [-0.1, -0.05) is 24.6 Å². The molecule has 8 heteroatoms. The van der Waals surface area contributed by atoms with Crippen molar-refractivity contribution in [3.05, 3.63) is 61.1 Å². The molecule has 1 aromatic carbocycles. The molecule has 24 heavy (non-hydrogen) atoms. The predicted octanol–water partition coefficient (Wildman–Crippen LogP) is 1.18. The minimum atomic E-state index is -1.40. The zero-order valence-corrected chi connectivity index (χ0v) is 14.2. The van der Waals surface area contributed by atoms with Crippen LogP contribution >= 0.6 is 22.9 Å². The molecule has 0 saturated heterocycles. The van der Waals surface area contributed by atoms with Crippen molar-refractivity contribution in [1.29, 1.82) is 0 Å². The van der Waals surface area contributed by atoms with E-state index in [-0.39, 0.29) is 5.69 Å². The molecule has 2 heterocycles. The van der Waals surface area contributed by atoms with Gasteiger partial charge in [0.15, 0.2) is 0 Å². The molecular formula is C16H12ClN2O4S-. The summed E-state index contributed by atoms with van der Waals surface area (Å²) in [5.74, 6) is -1.40. The molecule has 0 aliphatic carbocycles. The number of thiophene rings is 1. The number of benzene rings is 1. The molecule has 6 nitrogen and oxygen atoms in total. The number of hydrogen-bond acceptors (Lipinski definition) is 5. The van der Waals surface area contributed by atoms with Crippen LogP contribution in [0.25, 0.3) is 15.9 Å². The Morgan fingerprint density at radius 3 is 2.67 bits per heavy atom. The average molecular weight is 364 g/mol. The maximum absolute atomic E-state index is 12.8. The van der Waals surface area contributed by atoms with Crippen molar-refractivity contribution in [1.82, 2.24) is 9.13 Å². The summed E-state index contributed by atoms with van der Waals surface area (Å²) in [6, 6.07) is 7.97. The van der Waals surface area contributed by atoms with Crippen molar-refractivity contribution < 1.29 is 9.90 Å². The largest absolute Gasteiger partial charge is 0.548 e. The second-order valence-corrected chi connectivity index (χ2v) is 6.70. The molecule has 0 aliphatic heterocycles. The first kappa shape index (κ1) is 16.5. The van der Waals surface area contributed by atoms with Crippen molar-refractivity contribution in [3.63, 3.8) is 0 Å². The first-order valence-electron chi connectivity index (χ1n) is 7.16. The van der Waals surface area contributed by atoms with E-state index >= 15 is 0 Å². The lowest BCUT2D eigenvalue weighted by atomic mass is 10.3. The number of nitrogens with zero attached hydrogens (tertiary/aromatic N) is 2. The highest BCUT2D eigenvalue weighted by Gasteiger charge is 2.17. The zero-order chi connectivity index (χ0) is 17.4. The molecule has 0 fully saturated rings. The number of carboxylic acid groups (broad SMARTS) is 1. The Labute approximate surface area is 145 Å². The van der Waals surface area contributed by atoms with Crippen LogP contribution in [0, 0.1) is 0 Å². The summed E-state index contributed by atoms with van der Waals surface area (Å²) in [6.07, 6.45) is 0.676. The van der Waals surface area contributed by atoms with Crippen molar-refractivity contribution in [2.45, 2.75) is 19.9 Å². The molecule has 124 valence electrons. The van der Waals surface area contributed by atoms with Crippen LogP contribution in [0.4, 0.5) is 0 Å². The quantitative estimate of drug-likeness (QED) is 0.696. The van der Waals surface area contributed by atoms with Gasteiger partial charge in [0.2, 0.25) is 0 Å². The predicted molar refractivity (Wildman–Crippen MR) is 91.1 cm³/mol. The Kier molecular flexibility index (Phi) is 4.29. The normalized spacial score (nSPS) is 11.1. The number of carbonyl (C=O) groups is 1. The number of hydrogen-bond donors (Lipinski definition) is 0. The number of rotatable bonds is 4. The van der Waals surface area contributed by atoms with Crippen LogP contribution in [0.5, 0.6) is 0 Å². The minimum absolute atomic E-state index is 0.288. The molecule has 0 amide bonds. The number of halogens is 1. The highest BCUT2D eigenvalue weighted by Crippen LogP contribution is 2.23. The molecule has 0 N–H and O–H groups in total. The lowest BCUT2D eigenvalue weighted by molar-refractivity contribution is -0.306. The number of fused-ring (bicyclic) bond motifs is 1. The van der Waals surface area contributed by atoms with Gasteiger partial charge in [0.1, 0.15) is 4.83 Å². The summed E-state index contributed by atoms with van der Waals surface area (Å²) in [4.78, 5) is 37.8. The third kappa shape index (κ3) is 2.76. The van der Waals surface area contributed by atoms with Gasteiger partial charge < -0.3 is 9.90 Å². The van der Waals surface area contributed by atoms with E-state index in [4.69, 9.17) is 11.6 Å². The zero-order valence-electron chi connectivity index (χ0n) is 12.6. The topological polar surface area (TPSA) is 84.1 Å². The maximum atomic E-state index is 12.8. The van der Waals surface area contributed by atoms with Gasteiger partial charge in [0.25, 0.3) is 5.56 Å². The van der Waals surface area contributed by atoms with E-state index in [9.17, 15) is 19.5 Å². The third-order valence-electron chi connectivity index (χ3n) is 3.57. The molecule has 0 bridgehead atoms. The number of aryl methyl sites for hydroxylation is 1. The Morgan fingerprint density at radius 1 is 1.29 bits per heavy atom. The standard InChI is InChI=1S/C16H13ClN2O4S/c1-2-11-7-12-14(22)19(10-5-3-4-9(17)6-10)16(23)18(8-13(20)21)15(12)24-11/h3-7H,2,8H2,1H3,(H,20,21)/p-1. The van der Waals surface area contributed by atoms with Gasteiger partial charge in [-0.3, -0.25) is 9.36 Å². The Bertz CT molecular complexity index is 1060. The summed E-state index contributed by atoms with van der Waals surface area (Å²) in [5, 5.41) is 11.7. The Hall–Kier alpha value is -2.38. The molecule has 3 rings (SSSR count). The number of aliphatic carboxylic acids is 1. The van der Waals surface area contributed by atoms with E-state index < -0.39 is 23.8 Å². The van der Waals surface area contributed by atoms with Gasteiger partial charge in [0, 0.05) is 9.90 Å². The van der Waals surface area contributed by atoms with Crippen molar-refractivity contribution in [3.8, 4) is 5.69 Å². The molecule has 0 atom stereocenters. The summed E-state index contributed by atoms with van der Waals surface area (Å²) in [6.45, 7) is 1.29. The summed E-state index contributed by atoms with van der Waals surface area (Å²) >= 11 is 7.18. The van der Waals surface area contributed by atoms with Crippen molar-refractivity contribution in [2.24, 2.45) is 0 Å². The smallest absolute Gasteiger partial charge is 0.337 e. The van der Waals surface area contributed by atoms with Crippen LogP contribution < -0.4 is 16.4 Å². The first-order chi connectivity index (χ1) is 11.4. The molecule has 0 unspecified atom stereocenters. The lowest BCUT2D eigenvalue weighted by Gasteiger charge is -2.12. The van der Waals surface area contributed by atoms with Gasteiger partial charge >= 0.3 is 5.69 Å². The SMILES string of the molecule is CCc1cc2c(=O)n(-c3cccc(Cl)c3)c(=O)n(CC(=O)[O-])c2s1. The Morgan fingerprint density at radius 2 is 2.04 bits per heavy atom. The number of aromatic nitrogens is 2. The van der Waals surface area contributed by atoms with Gasteiger partial charge in [-0.05, 0) is 30.7 Å². The highest BCUT2D eigenvalue weighted by atomic mass is 35.5. The third-order valence-corrected chi connectivity index (χ3v) is 5.10. The summed E-state index contributed by atoms with van der Waals surface area (Å²) < 4.78 is 1.99. The monoisotopic (exact) mass is 363 g/mol. The first-order valence-corrected chi connectivity index (χ1v) is 8.36. The van der Waals surface area contributed by atoms with Crippen LogP contribution in [-0.2, 0) is 17.8 Å². The molecule has 3 aromatic rings. The molecule has 0 spiro atoms. The lowest BCUT2D eigenvalue weighted by Crippen LogP contribution is -2.41. The van der Waals surface area contributed by atoms with Crippen molar-refractivity contribution in [2.75, 3.05) is 0 Å². The van der Waals surface area contributed by atoms with Crippen LogP contribution in [0.2, 0.25) is 5.02 Å². The fraction of sp³-hybridized carbons (Fsp3) is 0.188. The van der Waals surface area contributed by atoms with Crippen molar-refractivity contribution >= 4 is 39.1 Å². The van der Waals surface area contributed by atoms with Gasteiger partial charge in [-0.2, -0.15) is 0 Å². The van der Waals surface area contributed by atoms with Crippen LogP contribution in [0.3, 0.4) is 0 Å². The highest BCUT2D eigenvalue weighted by molar-refractivity contribution is 7.18. The van der Waals surface area contributed by atoms with E-state index in [1.165, 1.54) is 17.4 Å². The summed E-state index contributed by atoms with van der Waals surface area (Å²) in [5.41, 5.74) is -0.943. The van der Waals surface area contributed by atoms with Gasteiger partial charge in [0.05, 0.1) is 23.6 Å². The second kappa shape index (κ2) is 6.26. The molecular weight excluding hydrogens is 352 g/mol. The Balaban J connectivity index is 2.44.